The Bertz CT molecular complexity index is 585. The molecule has 0 N–H and O–H groups in total. The van der Waals surface area contributed by atoms with E-state index in [1.54, 1.807) is 12.2 Å². The maximum absolute atomic E-state index is 5.68. The topological polar surface area (TPSA) is 18.5 Å². The summed E-state index contributed by atoms with van der Waals surface area (Å²) in [4.78, 5) is 0. The zero-order chi connectivity index (χ0) is 14.9. The first-order valence-electron chi connectivity index (χ1n) is 6.97. The lowest BCUT2D eigenvalue weighted by atomic mass is 10.0. The van der Waals surface area contributed by atoms with Gasteiger partial charge in [-0.1, -0.05) is 55.6 Å². The Morgan fingerprint density at radius 2 is 1.48 bits per heavy atom. The van der Waals surface area contributed by atoms with E-state index in [2.05, 4.69) is 31.4 Å². The molecule has 0 aliphatic heterocycles. The fourth-order valence-electron chi connectivity index (χ4n) is 2.02. The Balaban J connectivity index is 2.07. The van der Waals surface area contributed by atoms with Gasteiger partial charge < -0.3 is 9.47 Å². The number of rotatable bonds is 8. The summed E-state index contributed by atoms with van der Waals surface area (Å²) in [7, 11) is 0. The first-order chi connectivity index (χ1) is 10.3. The molecular formula is C19H20O2. The predicted molar refractivity (Wildman–Crippen MR) is 87.1 cm³/mol. The van der Waals surface area contributed by atoms with Gasteiger partial charge in [0.15, 0.2) is 0 Å². The van der Waals surface area contributed by atoms with Crippen LogP contribution in [0.3, 0.4) is 0 Å². The van der Waals surface area contributed by atoms with Crippen molar-refractivity contribution in [1.82, 2.24) is 0 Å². The van der Waals surface area contributed by atoms with E-state index in [4.69, 9.17) is 9.47 Å². The zero-order valence-electron chi connectivity index (χ0n) is 12.1. The van der Waals surface area contributed by atoms with E-state index in [9.17, 15) is 0 Å². The molecule has 0 fully saturated rings. The first kappa shape index (κ1) is 14.9. The van der Waals surface area contributed by atoms with Crippen LogP contribution in [0, 0.1) is 0 Å². The summed E-state index contributed by atoms with van der Waals surface area (Å²) in [6.07, 6.45) is 4.32. The quantitative estimate of drug-likeness (QED) is 0.667. The molecule has 2 rings (SSSR count). The number of hydrogen-bond acceptors (Lipinski definition) is 2. The van der Waals surface area contributed by atoms with Gasteiger partial charge in [0.1, 0.15) is 24.7 Å². The molecule has 0 spiro atoms. The molecule has 2 nitrogen and oxygen atoms in total. The molecule has 0 aliphatic carbocycles. The van der Waals surface area contributed by atoms with E-state index in [1.807, 2.05) is 30.3 Å². The molecule has 0 bridgehead atoms. The second-order valence-corrected chi connectivity index (χ2v) is 4.63. The standard InChI is InChI=1S/C19H20O2/c1-3-13-20-18-11-9-16(10-12-18)15-17-7-5-6-8-19(17)21-14-4-2/h3-12H,1-2,13-15H2. The van der Waals surface area contributed by atoms with Gasteiger partial charge in [0, 0.05) is 6.42 Å². The summed E-state index contributed by atoms with van der Waals surface area (Å²) in [6, 6.07) is 16.2. The monoisotopic (exact) mass is 280 g/mol. The van der Waals surface area contributed by atoms with Crippen LogP contribution in [0.1, 0.15) is 11.1 Å². The number of para-hydroxylation sites is 1. The Morgan fingerprint density at radius 1 is 0.810 bits per heavy atom. The van der Waals surface area contributed by atoms with Crippen LogP contribution in [0.5, 0.6) is 11.5 Å². The lowest BCUT2D eigenvalue weighted by Gasteiger charge is -2.10. The van der Waals surface area contributed by atoms with Gasteiger partial charge in [-0.05, 0) is 29.3 Å². The highest BCUT2D eigenvalue weighted by atomic mass is 16.5. The average molecular weight is 280 g/mol. The summed E-state index contributed by atoms with van der Waals surface area (Å²) >= 11 is 0. The molecule has 2 heteroatoms. The molecule has 0 unspecified atom stereocenters. The van der Waals surface area contributed by atoms with Crippen LogP contribution in [0.15, 0.2) is 73.8 Å². The highest BCUT2D eigenvalue weighted by Crippen LogP contribution is 2.22. The molecule has 0 amide bonds. The van der Waals surface area contributed by atoms with Crippen LogP contribution in [-0.4, -0.2) is 13.2 Å². The number of hydrogen-bond donors (Lipinski definition) is 0. The van der Waals surface area contributed by atoms with Crippen molar-refractivity contribution in [3.8, 4) is 11.5 Å². The average Bonchev–Trinajstić information content (AvgIpc) is 2.53. The Hall–Kier alpha value is -2.48. The highest BCUT2D eigenvalue weighted by molar-refractivity contribution is 5.39. The van der Waals surface area contributed by atoms with Gasteiger partial charge in [-0.15, -0.1) is 0 Å². The Morgan fingerprint density at radius 3 is 2.19 bits per heavy atom. The van der Waals surface area contributed by atoms with Crippen LogP contribution in [-0.2, 0) is 6.42 Å². The van der Waals surface area contributed by atoms with Crippen LogP contribution in [0.4, 0.5) is 0 Å². The largest absolute Gasteiger partial charge is 0.490 e. The number of benzene rings is 2. The zero-order valence-corrected chi connectivity index (χ0v) is 12.1. The van der Waals surface area contributed by atoms with Crippen molar-refractivity contribution in [2.24, 2.45) is 0 Å². The highest BCUT2D eigenvalue weighted by Gasteiger charge is 2.04. The fraction of sp³-hybridized carbons (Fsp3) is 0.158. The predicted octanol–water partition coefficient (Wildman–Crippen LogP) is 4.41. The number of ether oxygens (including phenoxy) is 2. The summed E-state index contributed by atoms with van der Waals surface area (Å²) < 4.78 is 11.2. The van der Waals surface area contributed by atoms with Gasteiger partial charge in [0.2, 0.25) is 0 Å². The lowest BCUT2D eigenvalue weighted by molar-refractivity contribution is 0.359. The van der Waals surface area contributed by atoms with Crippen molar-refractivity contribution in [2.45, 2.75) is 6.42 Å². The molecule has 0 aliphatic rings. The summed E-state index contributed by atoms with van der Waals surface area (Å²) in [5.74, 6) is 1.76. The smallest absolute Gasteiger partial charge is 0.123 e. The molecule has 0 saturated heterocycles. The van der Waals surface area contributed by atoms with Crippen molar-refractivity contribution >= 4 is 0 Å². The summed E-state index contributed by atoms with van der Waals surface area (Å²) in [5, 5.41) is 0. The van der Waals surface area contributed by atoms with Crippen LogP contribution < -0.4 is 9.47 Å². The van der Waals surface area contributed by atoms with E-state index in [1.165, 1.54) is 11.1 Å². The van der Waals surface area contributed by atoms with E-state index in [-0.39, 0.29) is 0 Å². The van der Waals surface area contributed by atoms with Gasteiger partial charge >= 0.3 is 0 Å². The van der Waals surface area contributed by atoms with Gasteiger partial charge in [-0.2, -0.15) is 0 Å². The van der Waals surface area contributed by atoms with E-state index in [0.717, 1.165) is 17.9 Å². The first-order valence-corrected chi connectivity index (χ1v) is 6.97. The maximum Gasteiger partial charge on any atom is 0.123 e. The maximum atomic E-state index is 5.68. The Labute approximate surface area is 126 Å². The normalized spacial score (nSPS) is 9.90. The van der Waals surface area contributed by atoms with E-state index < -0.39 is 0 Å². The molecule has 0 heterocycles. The second-order valence-electron chi connectivity index (χ2n) is 4.63. The van der Waals surface area contributed by atoms with Gasteiger partial charge in [0.25, 0.3) is 0 Å². The molecular weight excluding hydrogens is 260 g/mol. The lowest BCUT2D eigenvalue weighted by Crippen LogP contribution is -1.98. The Kier molecular flexibility index (Phi) is 5.65. The van der Waals surface area contributed by atoms with Crippen molar-refractivity contribution in [1.29, 1.82) is 0 Å². The van der Waals surface area contributed by atoms with Crippen LogP contribution in [0.2, 0.25) is 0 Å². The molecule has 0 atom stereocenters. The third-order valence-electron chi connectivity index (χ3n) is 3.02. The third kappa shape index (κ3) is 4.53. The molecule has 2 aromatic rings. The minimum atomic E-state index is 0.519. The van der Waals surface area contributed by atoms with Crippen molar-refractivity contribution in [3.63, 3.8) is 0 Å². The molecule has 108 valence electrons. The summed E-state index contributed by atoms with van der Waals surface area (Å²) in [6.45, 7) is 8.36. The molecule has 21 heavy (non-hydrogen) atoms. The minimum Gasteiger partial charge on any atom is -0.490 e. The second kappa shape index (κ2) is 7.95. The van der Waals surface area contributed by atoms with Crippen molar-refractivity contribution < 1.29 is 9.47 Å². The SMILES string of the molecule is C=CCOc1ccc(Cc2ccccc2OCC=C)cc1. The molecule has 2 aromatic carbocycles. The molecule has 0 saturated carbocycles. The fourth-order valence-corrected chi connectivity index (χ4v) is 2.02. The summed E-state index contributed by atoms with van der Waals surface area (Å²) in [5.41, 5.74) is 2.38. The van der Waals surface area contributed by atoms with E-state index >= 15 is 0 Å². The molecule has 0 aromatic heterocycles. The van der Waals surface area contributed by atoms with Gasteiger partial charge in [-0.25, -0.2) is 0 Å². The van der Waals surface area contributed by atoms with Crippen molar-refractivity contribution in [3.05, 3.63) is 85.0 Å². The van der Waals surface area contributed by atoms with E-state index in [0.29, 0.717) is 13.2 Å². The van der Waals surface area contributed by atoms with Crippen LogP contribution >= 0.6 is 0 Å². The minimum absolute atomic E-state index is 0.519. The van der Waals surface area contributed by atoms with Gasteiger partial charge in [0.05, 0.1) is 0 Å². The third-order valence-corrected chi connectivity index (χ3v) is 3.02. The van der Waals surface area contributed by atoms with Gasteiger partial charge in [-0.3, -0.25) is 0 Å². The van der Waals surface area contributed by atoms with Crippen LogP contribution in [0.25, 0.3) is 0 Å². The molecule has 0 radical (unpaired) electrons. The van der Waals surface area contributed by atoms with Crippen molar-refractivity contribution in [2.75, 3.05) is 13.2 Å².